The van der Waals surface area contributed by atoms with E-state index >= 15 is 0 Å². The van der Waals surface area contributed by atoms with Crippen LogP contribution in [-0.2, 0) is 0 Å². The molecule has 6 heteroatoms. The molecule has 1 fully saturated rings. The zero-order chi connectivity index (χ0) is 19.8. The van der Waals surface area contributed by atoms with Crippen LogP contribution in [0.15, 0.2) is 67.1 Å². The molecule has 0 bridgehead atoms. The van der Waals surface area contributed by atoms with Gasteiger partial charge in [0.1, 0.15) is 5.75 Å². The zero-order valence-corrected chi connectivity index (χ0v) is 16.4. The number of rotatable bonds is 3. The van der Waals surface area contributed by atoms with Gasteiger partial charge in [-0.15, -0.1) is 0 Å². The standard InChI is InChI=1S/C23H23N5O/c1-26-10-12-27(13-11-26)19-6-2-17(3-7-19)21-16-28-22(14-25-23(28)15-24-21)18-4-8-20(29)9-5-18/h2-9,14-16,29H,10-13H2,1H3. The number of hydrogen-bond acceptors (Lipinski definition) is 5. The number of phenols is 1. The molecule has 3 heterocycles. The van der Waals surface area contributed by atoms with Crippen molar-refractivity contribution in [2.75, 3.05) is 38.1 Å². The molecule has 1 aliphatic rings. The van der Waals surface area contributed by atoms with Crippen LogP contribution >= 0.6 is 0 Å². The molecule has 0 saturated carbocycles. The number of piperazine rings is 1. The number of likely N-dealkylation sites (N-methyl/N-ethyl adjacent to an activating group) is 1. The summed E-state index contributed by atoms with van der Waals surface area (Å²) in [6.45, 7) is 4.32. The third-order valence-corrected chi connectivity index (χ3v) is 5.59. The number of imidazole rings is 1. The molecular weight excluding hydrogens is 362 g/mol. The Morgan fingerprint density at radius 1 is 0.793 bits per heavy atom. The summed E-state index contributed by atoms with van der Waals surface area (Å²) in [4.78, 5) is 13.9. The first-order valence-corrected chi connectivity index (χ1v) is 9.84. The molecule has 2 aromatic heterocycles. The maximum Gasteiger partial charge on any atom is 0.155 e. The average Bonchev–Trinajstić information content (AvgIpc) is 3.18. The molecule has 1 aliphatic heterocycles. The summed E-state index contributed by atoms with van der Waals surface area (Å²) in [6, 6.07) is 15.8. The van der Waals surface area contributed by atoms with Gasteiger partial charge in [-0.2, -0.15) is 0 Å². The fourth-order valence-electron chi connectivity index (χ4n) is 3.79. The second-order valence-electron chi connectivity index (χ2n) is 7.53. The number of benzene rings is 2. The van der Waals surface area contributed by atoms with Gasteiger partial charge in [0.2, 0.25) is 0 Å². The number of aromatic hydroxyl groups is 1. The molecule has 0 unspecified atom stereocenters. The lowest BCUT2D eigenvalue weighted by atomic mass is 10.1. The summed E-state index contributed by atoms with van der Waals surface area (Å²) in [7, 11) is 2.17. The molecular formula is C23H23N5O. The summed E-state index contributed by atoms with van der Waals surface area (Å²) < 4.78 is 2.04. The second-order valence-corrected chi connectivity index (χ2v) is 7.53. The van der Waals surface area contributed by atoms with Crippen molar-refractivity contribution in [1.29, 1.82) is 0 Å². The van der Waals surface area contributed by atoms with Crippen LogP contribution in [0.5, 0.6) is 5.75 Å². The lowest BCUT2D eigenvalue weighted by molar-refractivity contribution is 0.313. The quantitative estimate of drug-likeness (QED) is 0.585. The van der Waals surface area contributed by atoms with Crippen molar-refractivity contribution in [3.05, 3.63) is 67.1 Å². The highest BCUT2D eigenvalue weighted by molar-refractivity contribution is 5.68. The summed E-state index contributed by atoms with van der Waals surface area (Å²) in [6.07, 6.45) is 5.66. The first kappa shape index (κ1) is 17.7. The smallest absolute Gasteiger partial charge is 0.155 e. The van der Waals surface area contributed by atoms with Crippen molar-refractivity contribution in [1.82, 2.24) is 19.3 Å². The Hall–Kier alpha value is -3.38. The van der Waals surface area contributed by atoms with Gasteiger partial charge in [-0.25, -0.2) is 4.98 Å². The van der Waals surface area contributed by atoms with Crippen molar-refractivity contribution in [3.8, 4) is 28.3 Å². The van der Waals surface area contributed by atoms with Gasteiger partial charge in [0.15, 0.2) is 5.65 Å². The van der Waals surface area contributed by atoms with Gasteiger partial charge in [0, 0.05) is 49.2 Å². The van der Waals surface area contributed by atoms with Gasteiger partial charge in [-0.3, -0.25) is 9.38 Å². The van der Waals surface area contributed by atoms with Crippen molar-refractivity contribution in [2.45, 2.75) is 0 Å². The molecule has 29 heavy (non-hydrogen) atoms. The van der Waals surface area contributed by atoms with Crippen molar-refractivity contribution >= 4 is 11.3 Å². The van der Waals surface area contributed by atoms with Crippen LogP contribution in [0.25, 0.3) is 28.2 Å². The fraction of sp³-hybridized carbons (Fsp3) is 0.217. The topological polar surface area (TPSA) is 56.9 Å². The zero-order valence-electron chi connectivity index (χ0n) is 16.4. The van der Waals surface area contributed by atoms with E-state index in [1.807, 2.05) is 28.9 Å². The molecule has 6 nitrogen and oxygen atoms in total. The Kier molecular flexibility index (Phi) is 4.41. The Morgan fingerprint density at radius 3 is 2.21 bits per heavy atom. The van der Waals surface area contributed by atoms with E-state index in [1.165, 1.54) is 5.69 Å². The third-order valence-electron chi connectivity index (χ3n) is 5.59. The van der Waals surface area contributed by atoms with Gasteiger partial charge in [-0.1, -0.05) is 12.1 Å². The molecule has 0 spiro atoms. The summed E-state index contributed by atoms with van der Waals surface area (Å²) in [5.74, 6) is 0.255. The number of phenolic OH excluding ortho intramolecular Hbond substituents is 1. The maximum atomic E-state index is 9.55. The van der Waals surface area contributed by atoms with Gasteiger partial charge in [0.05, 0.1) is 23.8 Å². The molecule has 1 N–H and O–H groups in total. The van der Waals surface area contributed by atoms with Crippen LogP contribution in [0.4, 0.5) is 5.69 Å². The minimum Gasteiger partial charge on any atom is -0.508 e. The number of aromatic nitrogens is 3. The normalized spacial score (nSPS) is 15.1. The van der Waals surface area contributed by atoms with Crippen molar-refractivity contribution < 1.29 is 5.11 Å². The highest BCUT2D eigenvalue weighted by Crippen LogP contribution is 2.26. The monoisotopic (exact) mass is 385 g/mol. The molecule has 0 amide bonds. The van der Waals surface area contributed by atoms with E-state index in [1.54, 1.807) is 18.3 Å². The van der Waals surface area contributed by atoms with E-state index in [4.69, 9.17) is 0 Å². The predicted octanol–water partition coefficient (Wildman–Crippen LogP) is 3.52. The summed E-state index contributed by atoms with van der Waals surface area (Å²) in [5.41, 5.74) is 6.01. The lowest BCUT2D eigenvalue weighted by Gasteiger charge is -2.34. The SMILES string of the molecule is CN1CCN(c2ccc(-c3cn4c(-c5ccc(O)cc5)cnc4cn3)cc2)CC1. The highest BCUT2D eigenvalue weighted by Gasteiger charge is 2.14. The number of nitrogens with zero attached hydrogens (tertiary/aromatic N) is 5. The van der Waals surface area contributed by atoms with Gasteiger partial charge in [0.25, 0.3) is 0 Å². The van der Waals surface area contributed by atoms with E-state index in [-0.39, 0.29) is 5.75 Å². The average molecular weight is 385 g/mol. The molecule has 1 saturated heterocycles. The maximum absolute atomic E-state index is 9.55. The lowest BCUT2D eigenvalue weighted by Crippen LogP contribution is -2.44. The van der Waals surface area contributed by atoms with Crippen LogP contribution in [0, 0.1) is 0 Å². The largest absolute Gasteiger partial charge is 0.508 e. The van der Waals surface area contributed by atoms with E-state index in [2.05, 4.69) is 51.1 Å². The van der Waals surface area contributed by atoms with Crippen LogP contribution in [-0.4, -0.2) is 57.6 Å². The van der Waals surface area contributed by atoms with Crippen molar-refractivity contribution in [2.24, 2.45) is 0 Å². The molecule has 4 aromatic rings. The highest BCUT2D eigenvalue weighted by atomic mass is 16.3. The van der Waals surface area contributed by atoms with Gasteiger partial charge >= 0.3 is 0 Å². The summed E-state index contributed by atoms with van der Waals surface area (Å²) >= 11 is 0. The van der Waals surface area contributed by atoms with E-state index < -0.39 is 0 Å². The first-order chi connectivity index (χ1) is 14.2. The second kappa shape index (κ2) is 7.22. The van der Waals surface area contributed by atoms with E-state index in [0.717, 1.165) is 54.3 Å². The predicted molar refractivity (Wildman–Crippen MR) is 115 cm³/mol. The van der Waals surface area contributed by atoms with Crippen LogP contribution in [0.2, 0.25) is 0 Å². The molecule has 0 atom stereocenters. The van der Waals surface area contributed by atoms with Gasteiger partial charge in [-0.05, 0) is 43.4 Å². The molecule has 0 aliphatic carbocycles. The third kappa shape index (κ3) is 3.43. The van der Waals surface area contributed by atoms with E-state index in [0.29, 0.717) is 0 Å². The Labute approximate surface area is 169 Å². The number of hydrogen-bond donors (Lipinski definition) is 1. The van der Waals surface area contributed by atoms with Gasteiger partial charge < -0.3 is 14.9 Å². The minimum absolute atomic E-state index is 0.255. The molecule has 146 valence electrons. The molecule has 5 rings (SSSR count). The number of anilines is 1. The van der Waals surface area contributed by atoms with Crippen LogP contribution in [0.1, 0.15) is 0 Å². The Morgan fingerprint density at radius 2 is 1.48 bits per heavy atom. The molecule has 0 radical (unpaired) electrons. The minimum atomic E-state index is 0.255. The first-order valence-electron chi connectivity index (χ1n) is 9.84. The van der Waals surface area contributed by atoms with E-state index in [9.17, 15) is 5.11 Å². The molecule has 2 aromatic carbocycles. The fourth-order valence-corrected chi connectivity index (χ4v) is 3.79. The van der Waals surface area contributed by atoms with Crippen LogP contribution in [0.3, 0.4) is 0 Å². The van der Waals surface area contributed by atoms with Crippen molar-refractivity contribution in [3.63, 3.8) is 0 Å². The Bertz CT molecular complexity index is 1130. The van der Waals surface area contributed by atoms with Crippen LogP contribution < -0.4 is 4.90 Å². The Balaban J connectivity index is 1.46. The summed E-state index contributed by atoms with van der Waals surface area (Å²) in [5, 5.41) is 9.55. The number of fused-ring (bicyclic) bond motifs is 1.